The molecule has 0 spiro atoms. The summed E-state index contributed by atoms with van der Waals surface area (Å²) in [5.74, 6) is -0.628. The number of Topliss-reactive ketones (excluding diaryl/α,β-unsaturated/α-hetero) is 1. The van der Waals surface area contributed by atoms with Gasteiger partial charge in [-0.25, -0.2) is 0 Å². The van der Waals surface area contributed by atoms with Gasteiger partial charge in [0.05, 0.1) is 18.7 Å². The van der Waals surface area contributed by atoms with Gasteiger partial charge in [0.2, 0.25) is 0 Å². The number of likely N-dealkylation sites (tertiary alicyclic amines) is 1. The van der Waals surface area contributed by atoms with Crippen LogP contribution < -0.4 is 4.74 Å². The monoisotopic (exact) mass is 611 g/mol. The average molecular weight is 613 g/mol. The first kappa shape index (κ1) is 31.9. The van der Waals surface area contributed by atoms with E-state index in [1.165, 1.54) is 70.6 Å². The number of ether oxygens (including phenoxy) is 1. The molecule has 0 bridgehead atoms. The number of hydrogen-bond donors (Lipinski definition) is 1. The smallest absolute Gasteiger partial charge is 0.295 e. The van der Waals surface area contributed by atoms with Crippen molar-refractivity contribution in [2.45, 2.75) is 103 Å². The summed E-state index contributed by atoms with van der Waals surface area (Å²) in [4.78, 5) is 28.0. The van der Waals surface area contributed by atoms with Crippen LogP contribution in [0.15, 0.2) is 58.6 Å². The molecule has 3 rings (SSSR count). The van der Waals surface area contributed by atoms with Crippen molar-refractivity contribution < 1.29 is 19.4 Å². The van der Waals surface area contributed by atoms with Gasteiger partial charge in [0.15, 0.2) is 0 Å². The van der Waals surface area contributed by atoms with Crippen LogP contribution in [0.4, 0.5) is 0 Å². The Morgan fingerprint density at radius 3 is 1.77 bits per heavy atom. The Morgan fingerprint density at radius 2 is 1.27 bits per heavy atom. The number of amides is 1. The minimum Gasteiger partial charge on any atom is -0.507 e. The molecular weight excluding hydrogens is 566 g/mol. The highest BCUT2D eigenvalue weighted by Gasteiger charge is 2.45. The van der Waals surface area contributed by atoms with E-state index in [9.17, 15) is 14.7 Å². The minimum atomic E-state index is -0.633. The molecule has 218 valence electrons. The van der Waals surface area contributed by atoms with Crippen molar-refractivity contribution in [3.05, 3.63) is 69.7 Å². The van der Waals surface area contributed by atoms with Gasteiger partial charge in [-0.3, -0.25) is 9.59 Å². The number of nitrogens with zero attached hydrogens (tertiary/aromatic N) is 1. The van der Waals surface area contributed by atoms with Gasteiger partial charge in [-0.05, 0) is 36.2 Å². The topological polar surface area (TPSA) is 66.8 Å². The van der Waals surface area contributed by atoms with Gasteiger partial charge in [-0.15, -0.1) is 0 Å². The molecule has 1 aliphatic heterocycles. The van der Waals surface area contributed by atoms with Crippen LogP contribution in [0.25, 0.3) is 5.76 Å². The van der Waals surface area contributed by atoms with E-state index in [1.54, 1.807) is 24.1 Å². The lowest BCUT2D eigenvalue weighted by Crippen LogP contribution is -2.30. The molecule has 0 radical (unpaired) electrons. The summed E-state index contributed by atoms with van der Waals surface area (Å²) in [6, 6.07) is 13.8. The highest BCUT2D eigenvalue weighted by atomic mass is 79.9. The van der Waals surface area contributed by atoms with E-state index >= 15 is 0 Å². The van der Waals surface area contributed by atoms with Crippen LogP contribution >= 0.6 is 15.9 Å². The third-order valence-electron chi connectivity index (χ3n) is 7.84. The Balaban J connectivity index is 1.55. The molecule has 5 nitrogen and oxygen atoms in total. The Kier molecular flexibility index (Phi) is 13.8. The Labute approximate surface area is 249 Å². The van der Waals surface area contributed by atoms with Crippen molar-refractivity contribution in [2.75, 3.05) is 13.7 Å². The van der Waals surface area contributed by atoms with Gasteiger partial charge in [-0.1, -0.05) is 131 Å². The van der Waals surface area contributed by atoms with E-state index in [2.05, 4.69) is 22.9 Å². The number of aliphatic hydroxyl groups is 1. The van der Waals surface area contributed by atoms with Crippen molar-refractivity contribution in [1.29, 1.82) is 0 Å². The number of unbranched alkanes of at least 4 members (excludes halogenated alkanes) is 13. The minimum absolute atomic E-state index is 0.142. The number of carbonyl (C=O) groups excluding carboxylic acids is 2. The summed E-state index contributed by atoms with van der Waals surface area (Å²) >= 11 is 3.41. The lowest BCUT2D eigenvalue weighted by atomic mass is 9.95. The third kappa shape index (κ3) is 9.22. The molecule has 1 fully saturated rings. The fourth-order valence-electron chi connectivity index (χ4n) is 5.48. The van der Waals surface area contributed by atoms with Crippen molar-refractivity contribution in [3.8, 4) is 5.75 Å². The number of rotatable bonds is 18. The summed E-state index contributed by atoms with van der Waals surface area (Å²) in [5.41, 5.74) is 1.43. The molecule has 0 aromatic heterocycles. The van der Waals surface area contributed by atoms with Crippen LogP contribution in [0.2, 0.25) is 0 Å². The van der Waals surface area contributed by atoms with Crippen molar-refractivity contribution in [1.82, 2.24) is 4.90 Å². The first-order valence-electron chi connectivity index (χ1n) is 15.2. The molecule has 0 saturated carbocycles. The zero-order valence-electron chi connectivity index (χ0n) is 24.3. The molecule has 6 heteroatoms. The zero-order valence-corrected chi connectivity index (χ0v) is 25.9. The second kappa shape index (κ2) is 17.3. The number of ketones is 1. The van der Waals surface area contributed by atoms with Gasteiger partial charge in [0.25, 0.3) is 11.7 Å². The molecule has 1 unspecified atom stereocenters. The summed E-state index contributed by atoms with van der Waals surface area (Å²) in [6.07, 6.45) is 17.6. The SMILES string of the molecule is CCCCCCCCCCCCCCCCN1C(=O)C(=O)/C(=C(\O)c2ccc(Br)cc2)C1c1ccc(OC)cc1. The molecule has 0 aliphatic carbocycles. The highest BCUT2D eigenvalue weighted by Crippen LogP contribution is 2.40. The lowest BCUT2D eigenvalue weighted by molar-refractivity contribution is -0.139. The van der Waals surface area contributed by atoms with E-state index in [0.29, 0.717) is 17.9 Å². The quantitative estimate of drug-likeness (QED) is 0.0789. The van der Waals surface area contributed by atoms with Crippen LogP contribution in [0, 0.1) is 0 Å². The third-order valence-corrected chi connectivity index (χ3v) is 8.37. The fourth-order valence-corrected chi connectivity index (χ4v) is 5.75. The van der Waals surface area contributed by atoms with Gasteiger partial charge in [-0.2, -0.15) is 0 Å². The first-order valence-corrected chi connectivity index (χ1v) is 16.0. The molecule has 1 saturated heterocycles. The van der Waals surface area contributed by atoms with E-state index in [1.807, 2.05) is 36.4 Å². The fraction of sp³-hybridized carbons (Fsp3) is 0.529. The van der Waals surface area contributed by atoms with E-state index < -0.39 is 17.7 Å². The maximum atomic E-state index is 13.2. The molecule has 40 heavy (non-hydrogen) atoms. The van der Waals surface area contributed by atoms with Gasteiger partial charge in [0.1, 0.15) is 11.5 Å². The van der Waals surface area contributed by atoms with Crippen LogP contribution in [0.5, 0.6) is 5.75 Å². The van der Waals surface area contributed by atoms with Gasteiger partial charge < -0.3 is 14.7 Å². The van der Waals surface area contributed by atoms with Crippen LogP contribution in [-0.2, 0) is 9.59 Å². The first-order chi connectivity index (χ1) is 19.5. The van der Waals surface area contributed by atoms with Gasteiger partial charge in [0, 0.05) is 16.6 Å². The largest absolute Gasteiger partial charge is 0.507 e. The van der Waals surface area contributed by atoms with E-state index in [4.69, 9.17) is 4.74 Å². The maximum absolute atomic E-state index is 13.2. The zero-order chi connectivity index (χ0) is 28.7. The second-order valence-electron chi connectivity index (χ2n) is 10.9. The Hall–Kier alpha value is -2.60. The normalized spacial score (nSPS) is 16.6. The van der Waals surface area contributed by atoms with Crippen molar-refractivity contribution >= 4 is 33.4 Å². The predicted octanol–water partition coefficient (Wildman–Crippen LogP) is 9.36. The number of benzene rings is 2. The van der Waals surface area contributed by atoms with Crippen LogP contribution in [0.3, 0.4) is 0 Å². The lowest BCUT2D eigenvalue weighted by Gasteiger charge is -2.25. The summed E-state index contributed by atoms with van der Waals surface area (Å²) < 4.78 is 6.17. The van der Waals surface area contributed by atoms with Crippen molar-refractivity contribution in [2.24, 2.45) is 0 Å². The summed E-state index contributed by atoms with van der Waals surface area (Å²) in [5, 5.41) is 11.2. The van der Waals surface area contributed by atoms with E-state index in [0.717, 1.165) is 29.3 Å². The molecule has 1 N–H and O–H groups in total. The number of halogens is 1. The van der Waals surface area contributed by atoms with Gasteiger partial charge >= 0.3 is 0 Å². The molecule has 1 aliphatic rings. The number of aliphatic hydroxyl groups excluding tert-OH is 1. The Morgan fingerprint density at radius 1 is 0.775 bits per heavy atom. The maximum Gasteiger partial charge on any atom is 0.295 e. The molecule has 1 amide bonds. The number of methoxy groups -OCH3 is 1. The molecule has 1 atom stereocenters. The predicted molar refractivity (Wildman–Crippen MR) is 166 cm³/mol. The van der Waals surface area contributed by atoms with Crippen LogP contribution in [-0.4, -0.2) is 35.4 Å². The highest BCUT2D eigenvalue weighted by molar-refractivity contribution is 9.10. The number of carbonyl (C=O) groups is 2. The Bertz CT molecular complexity index is 1090. The summed E-state index contributed by atoms with van der Waals surface area (Å²) in [6.45, 7) is 2.74. The number of hydrogen-bond acceptors (Lipinski definition) is 4. The summed E-state index contributed by atoms with van der Waals surface area (Å²) in [7, 11) is 1.60. The molecule has 2 aromatic carbocycles. The molecular formula is C34H46BrNO4. The molecule has 1 heterocycles. The molecule has 2 aromatic rings. The van der Waals surface area contributed by atoms with E-state index in [-0.39, 0.29) is 11.3 Å². The standard InChI is InChI=1S/C34H46BrNO4/c1-3-4-5-6-7-8-9-10-11-12-13-14-15-16-25-36-31(26-19-23-29(40-2)24-20-26)30(33(38)34(36)39)32(37)27-17-21-28(35)22-18-27/h17-24,31,37H,3-16,25H2,1-2H3/b32-30-. The second-order valence-corrected chi connectivity index (χ2v) is 11.8. The average Bonchev–Trinajstić information content (AvgIpc) is 3.22. The van der Waals surface area contributed by atoms with Crippen LogP contribution in [0.1, 0.15) is 114 Å². The van der Waals surface area contributed by atoms with Crippen molar-refractivity contribution in [3.63, 3.8) is 0 Å².